The fourth-order valence-corrected chi connectivity index (χ4v) is 14.3. The molecule has 8 aliphatic rings. The molecule has 18 heteroatoms. The first kappa shape index (κ1) is 52.3. The van der Waals surface area contributed by atoms with Crippen molar-refractivity contribution in [1.82, 2.24) is 0 Å². The number of hydrogen-bond donors (Lipinski definition) is 6. The number of ether oxygens (including phenoxy) is 12. The van der Waals surface area contributed by atoms with Crippen LogP contribution in [0.25, 0.3) is 0 Å². The van der Waals surface area contributed by atoms with E-state index in [9.17, 15) is 30.6 Å². The minimum absolute atomic E-state index is 0.134. The molecule has 3 saturated carbocycles. The number of rotatable bonds is 13. The monoisotopic (exact) mass is 959 g/mol. The van der Waals surface area contributed by atoms with E-state index in [1.54, 1.807) is 35.2 Å². The Morgan fingerprint density at radius 3 is 1.66 bits per heavy atom. The topological polar surface area (TPSA) is 232 Å². The van der Waals surface area contributed by atoms with Gasteiger partial charge < -0.3 is 87.5 Å². The van der Waals surface area contributed by atoms with Gasteiger partial charge in [0, 0.05) is 59.0 Å². The normalized spacial score (nSPS) is 54.1. The SMILES string of the molecule is CO[C@H]1[C@H](O)[C@@H](O[C@@H]2[C@@H](C)O[C@@H](O[C@@H]3[C@@H](C)O[C@@H](O[C@@H]4[C@@H](C)O[C@@H](O[C@@H]5CC[C@@]6(C)C(=CC[C@H]7[C@H]6[C@@H](O)[C@H](O)[C@@]6(C)[C@@H]([C@H](C)O)CC[C@@]76O)C5)C[C@H]4OC)C[C@H]3OC)C[C@H]2OC)O[C@@H](C)[C@@H]1O. The highest BCUT2D eigenvalue weighted by Gasteiger charge is 2.73. The molecule has 6 N–H and O–H groups in total. The fourth-order valence-electron chi connectivity index (χ4n) is 14.3. The largest absolute Gasteiger partial charge is 0.393 e. The molecular weight excluding hydrogens is 877 g/mol. The van der Waals surface area contributed by atoms with Crippen LogP contribution in [0.15, 0.2) is 11.6 Å². The molecule has 4 aliphatic heterocycles. The van der Waals surface area contributed by atoms with Gasteiger partial charge in [0.25, 0.3) is 0 Å². The number of aliphatic hydroxyl groups is 6. The van der Waals surface area contributed by atoms with Crippen molar-refractivity contribution < 1.29 is 87.5 Å². The zero-order chi connectivity index (χ0) is 48.5. The quantitative estimate of drug-likeness (QED) is 0.146. The third-order valence-corrected chi connectivity index (χ3v) is 18.1. The van der Waals surface area contributed by atoms with Gasteiger partial charge in [0.2, 0.25) is 0 Å². The molecule has 0 amide bonds. The summed E-state index contributed by atoms with van der Waals surface area (Å²) in [6.07, 6.45) is -6.79. The molecule has 18 nitrogen and oxygen atoms in total. The first-order chi connectivity index (χ1) is 31.7. The van der Waals surface area contributed by atoms with Gasteiger partial charge in [0.05, 0.1) is 72.7 Å². The van der Waals surface area contributed by atoms with Crippen molar-refractivity contribution in [2.45, 2.75) is 241 Å². The molecule has 4 aliphatic carbocycles. The molecule has 27 atom stereocenters. The molecule has 7 fully saturated rings. The lowest BCUT2D eigenvalue weighted by Gasteiger charge is -2.64. The molecular formula is C49H82O18. The summed E-state index contributed by atoms with van der Waals surface area (Å²) in [6, 6.07) is 0. The maximum Gasteiger partial charge on any atom is 0.187 e. The minimum Gasteiger partial charge on any atom is -0.393 e. The van der Waals surface area contributed by atoms with E-state index in [1.165, 1.54) is 12.7 Å². The Balaban J connectivity index is 0.844. The van der Waals surface area contributed by atoms with Crippen molar-refractivity contribution in [2.75, 3.05) is 28.4 Å². The summed E-state index contributed by atoms with van der Waals surface area (Å²) in [5.41, 5.74) is -1.45. The average Bonchev–Trinajstić information content (AvgIpc) is 3.58. The molecule has 4 saturated heterocycles. The van der Waals surface area contributed by atoms with Gasteiger partial charge in [-0.15, -0.1) is 0 Å². The second-order valence-electron chi connectivity index (χ2n) is 21.6. The molecule has 0 unspecified atom stereocenters. The molecule has 67 heavy (non-hydrogen) atoms. The molecule has 4 heterocycles. The summed E-state index contributed by atoms with van der Waals surface area (Å²) in [7, 11) is 6.30. The van der Waals surface area contributed by atoms with Crippen LogP contribution in [0.3, 0.4) is 0 Å². The van der Waals surface area contributed by atoms with Crippen LogP contribution in [-0.2, 0) is 56.8 Å². The van der Waals surface area contributed by atoms with E-state index >= 15 is 0 Å². The van der Waals surface area contributed by atoms with Crippen molar-refractivity contribution in [2.24, 2.45) is 28.6 Å². The van der Waals surface area contributed by atoms with Crippen molar-refractivity contribution in [1.29, 1.82) is 0 Å². The highest BCUT2D eigenvalue weighted by atomic mass is 16.8. The molecule has 8 rings (SSSR count). The summed E-state index contributed by atoms with van der Waals surface area (Å²) < 4.78 is 74.5. The van der Waals surface area contributed by atoms with Gasteiger partial charge in [-0.25, -0.2) is 0 Å². The third-order valence-electron chi connectivity index (χ3n) is 18.1. The molecule has 0 radical (unpaired) electrons. The number of fused-ring (bicyclic) bond motifs is 5. The first-order valence-electron chi connectivity index (χ1n) is 24.9. The minimum atomic E-state index is -1.23. The Morgan fingerprint density at radius 2 is 1.15 bits per heavy atom. The van der Waals surface area contributed by atoms with E-state index in [4.69, 9.17) is 56.8 Å². The second kappa shape index (κ2) is 20.5. The predicted molar refractivity (Wildman–Crippen MR) is 237 cm³/mol. The van der Waals surface area contributed by atoms with Gasteiger partial charge in [-0.2, -0.15) is 0 Å². The highest BCUT2D eigenvalue weighted by Crippen LogP contribution is 2.68. The van der Waals surface area contributed by atoms with Crippen LogP contribution in [0.1, 0.15) is 106 Å². The molecule has 0 aromatic heterocycles. The number of hydrogen-bond acceptors (Lipinski definition) is 18. The number of aliphatic hydroxyl groups excluding tert-OH is 5. The van der Waals surface area contributed by atoms with Crippen LogP contribution in [0.4, 0.5) is 0 Å². The Labute approximate surface area is 396 Å². The Bertz CT molecular complexity index is 1690. The van der Waals surface area contributed by atoms with E-state index in [0.717, 1.165) is 12.8 Å². The third kappa shape index (κ3) is 9.26. The highest BCUT2D eigenvalue weighted by molar-refractivity contribution is 5.31. The van der Waals surface area contributed by atoms with E-state index < -0.39 is 133 Å². The lowest BCUT2D eigenvalue weighted by atomic mass is 9.44. The van der Waals surface area contributed by atoms with Gasteiger partial charge in [0.1, 0.15) is 36.6 Å². The average molecular weight is 959 g/mol. The van der Waals surface area contributed by atoms with Crippen molar-refractivity contribution in [3.8, 4) is 0 Å². The van der Waals surface area contributed by atoms with Crippen LogP contribution < -0.4 is 0 Å². The molecule has 0 aromatic carbocycles. The van der Waals surface area contributed by atoms with Gasteiger partial charge in [0.15, 0.2) is 25.2 Å². The van der Waals surface area contributed by atoms with Crippen molar-refractivity contribution >= 4 is 0 Å². The number of methoxy groups -OCH3 is 4. The number of allylic oxidation sites excluding steroid dienone is 1. The van der Waals surface area contributed by atoms with Crippen LogP contribution in [-0.4, -0.2) is 194 Å². The van der Waals surface area contributed by atoms with Crippen LogP contribution >= 0.6 is 0 Å². The van der Waals surface area contributed by atoms with Crippen LogP contribution in [0.5, 0.6) is 0 Å². The van der Waals surface area contributed by atoms with Crippen molar-refractivity contribution in [3.63, 3.8) is 0 Å². The van der Waals surface area contributed by atoms with E-state index in [0.29, 0.717) is 44.9 Å². The van der Waals surface area contributed by atoms with Gasteiger partial charge >= 0.3 is 0 Å². The van der Waals surface area contributed by atoms with Gasteiger partial charge in [-0.1, -0.05) is 25.5 Å². The molecule has 0 aromatic rings. The molecule has 0 spiro atoms. The summed E-state index contributed by atoms with van der Waals surface area (Å²) in [5, 5.41) is 68.1. The van der Waals surface area contributed by atoms with Crippen LogP contribution in [0.2, 0.25) is 0 Å². The summed E-state index contributed by atoms with van der Waals surface area (Å²) in [4.78, 5) is 0. The first-order valence-corrected chi connectivity index (χ1v) is 24.9. The van der Waals surface area contributed by atoms with Gasteiger partial charge in [-0.3, -0.25) is 0 Å². The summed E-state index contributed by atoms with van der Waals surface area (Å²) in [5.74, 6) is -0.869. The predicted octanol–water partition coefficient (Wildman–Crippen LogP) is 2.47. The zero-order valence-corrected chi connectivity index (χ0v) is 41.4. The Hall–Kier alpha value is -0.980. The standard InChI is InChI=1S/C49H82O18/c1-22(50)29-15-17-49(55)30-13-12-27-18-28(14-16-47(27,6)37(30)39(52)45(54)48(29,49)7)64-34-19-31(56-8)41(24(3)60-34)65-35-20-32(57-9)42(25(4)61-35)66-36-21-33(58-10)43(26(5)62-36)67-46-40(53)44(59-11)38(51)23(2)63-46/h12,22-26,28-46,50-55H,13-21H2,1-11H3/t22-,23-,24+,25+,26+,28+,29+,30-,31+,32+,33+,34-,35-,36-,37-,38-,39+,40-,41+,42+,43+,44+,45-,46+,47-,48+,49+/m0/s1. The van der Waals surface area contributed by atoms with Crippen LogP contribution in [0, 0.1) is 28.6 Å². The van der Waals surface area contributed by atoms with Gasteiger partial charge in [-0.05, 0) is 90.4 Å². The molecule has 386 valence electrons. The second-order valence-corrected chi connectivity index (χ2v) is 21.6. The lowest BCUT2D eigenvalue weighted by molar-refractivity contribution is -0.355. The smallest absolute Gasteiger partial charge is 0.187 e. The van der Waals surface area contributed by atoms with E-state index in [-0.39, 0.29) is 30.0 Å². The maximum atomic E-state index is 12.4. The maximum absolute atomic E-state index is 12.4. The Morgan fingerprint density at radius 1 is 0.627 bits per heavy atom. The zero-order valence-electron chi connectivity index (χ0n) is 41.4. The lowest BCUT2D eigenvalue weighted by Crippen LogP contribution is -2.71. The van der Waals surface area contributed by atoms with Crippen molar-refractivity contribution in [3.05, 3.63) is 11.6 Å². The fraction of sp³-hybridized carbons (Fsp3) is 0.959. The Kier molecular flexibility index (Phi) is 16.0. The summed E-state index contributed by atoms with van der Waals surface area (Å²) >= 11 is 0. The molecule has 0 bridgehead atoms. The van der Waals surface area contributed by atoms with E-state index in [2.05, 4.69) is 13.0 Å². The summed E-state index contributed by atoms with van der Waals surface area (Å²) in [6.45, 7) is 13.2. The van der Waals surface area contributed by atoms with E-state index in [1.807, 2.05) is 27.7 Å².